The van der Waals surface area contributed by atoms with Crippen molar-refractivity contribution < 1.29 is 13.2 Å². The van der Waals surface area contributed by atoms with Crippen molar-refractivity contribution in [2.45, 2.75) is 45.6 Å². The third-order valence-electron chi connectivity index (χ3n) is 5.37. The van der Waals surface area contributed by atoms with Gasteiger partial charge in [0, 0.05) is 31.2 Å². The lowest BCUT2D eigenvalue weighted by Crippen LogP contribution is -2.39. The summed E-state index contributed by atoms with van der Waals surface area (Å²) in [4.78, 5) is 17.5. The van der Waals surface area contributed by atoms with Crippen molar-refractivity contribution >= 4 is 21.4 Å². The van der Waals surface area contributed by atoms with Gasteiger partial charge in [0.1, 0.15) is 5.82 Å². The number of carbonyl (C=O) groups is 1. The van der Waals surface area contributed by atoms with Crippen molar-refractivity contribution in [3.63, 3.8) is 0 Å². The highest BCUT2D eigenvalue weighted by Gasteiger charge is 2.31. The Hall–Kier alpha value is -1.93. The van der Waals surface area contributed by atoms with Crippen LogP contribution < -0.4 is 5.32 Å². The van der Waals surface area contributed by atoms with E-state index in [4.69, 9.17) is 0 Å². The summed E-state index contributed by atoms with van der Waals surface area (Å²) in [6.07, 6.45) is 4.76. The highest BCUT2D eigenvalue weighted by atomic mass is 32.2. The van der Waals surface area contributed by atoms with Crippen LogP contribution in [0.3, 0.4) is 0 Å². The molecule has 1 N–H and O–H groups in total. The molecule has 0 saturated carbocycles. The monoisotopic (exact) mass is 392 g/mol. The molecule has 2 aromatic rings. The minimum atomic E-state index is -3.24. The standard InChI is InChI=1S/C19H28N4O3S/c1-13(2)14(3)20-19(24)17-16-9-5-6-11-23(16)18(21-17)15-8-7-10-22(12-15)27(4,25)26/h5-6,9,11,13-15H,7-8,10,12H2,1-4H3,(H,20,24)/t14-,15+/m0/s1. The molecule has 1 aliphatic heterocycles. The Kier molecular flexibility index (Phi) is 5.58. The second-order valence-corrected chi connectivity index (χ2v) is 9.72. The summed E-state index contributed by atoms with van der Waals surface area (Å²) in [6.45, 7) is 7.04. The largest absolute Gasteiger partial charge is 0.348 e. The van der Waals surface area contributed by atoms with Gasteiger partial charge < -0.3 is 9.72 Å². The molecule has 0 bridgehead atoms. The second kappa shape index (κ2) is 7.59. The Morgan fingerprint density at radius 3 is 2.70 bits per heavy atom. The fraction of sp³-hybridized carbons (Fsp3) is 0.579. The molecule has 1 fully saturated rings. The van der Waals surface area contributed by atoms with Crippen LogP contribution >= 0.6 is 0 Å². The van der Waals surface area contributed by atoms with Gasteiger partial charge in [-0.2, -0.15) is 0 Å². The summed E-state index contributed by atoms with van der Waals surface area (Å²) in [6, 6.07) is 5.69. The van der Waals surface area contributed by atoms with Gasteiger partial charge in [0.15, 0.2) is 5.69 Å². The first-order chi connectivity index (χ1) is 12.7. The molecule has 2 atom stereocenters. The number of piperidine rings is 1. The zero-order valence-electron chi connectivity index (χ0n) is 16.3. The van der Waals surface area contributed by atoms with E-state index in [1.54, 1.807) is 0 Å². The molecular weight excluding hydrogens is 364 g/mol. The molecular formula is C19H28N4O3S. The molecule has 3 heterocycles. The van der Waals surface area contributed by atoms with Gasteiger partial charge in [-0.15, -0.1) is 0 Å². The first-order valence-electron chi connectivity index (χ1n) is 9.41. The maximum absolute atomic E-state index is 12.8. The van der Waals surface area contributed by atoms with Crippen LogP contribution in [0.5, 0.6) is 0 Å². The van der Waals surface area contributed by atoms with Gasteiger partial charge in [0.25, 0.3) is 5.91 Å². The second-order valence-electron chi connectivity index (χ2n) is 7.74. The Labute approximate surface area is 160 Å². The summed E-state index contributed by atoms with van der Waals surface area (Å²) in [5.74, 6) is 0.847. The van der Waals surface area contributed by atoms with E-state index >= 15 is 0 Å². The van der Waals surface area contributed by atoms with Crippen LogP contribution in [0.2, 0.25) is 0 Å². The molecule has 8 heteroatoms. The number of fused-ring (bicyclic) bond motifs is 1. The van der Waals surface area contributed by atoms with E-state index in [2.05, 4.69) is 24.1 Å². The van der Waals surface area contributed by atoms with Crippen molar-refractivity contribution in [2.24, 2.45) is 5.92 Å². The number of nitrogens with zero attached hydrogens (tertiary/aromatic N) is 3. The zero-order valence-corrected chi connectivity index (χ0v) is 17.2. The predicted octanol–water partition coefficient (Wildman–Crippen LogP) is 2.25. The smallest absolute Gasteiger partial charge is 0.272 e. The fourth-order valence-corrected chi connectivity index (χ4v) is 4.32. The number of pyridine rings is 1. The summed E-state index contributed by atoms with van der Waals surface area (Å²) in [7, 11) is -3.24. The maximum Gasteiger partial charge on any atom is 0.272 e. The number of hydrogen-bond donors (Lipinski definition) is 1. The van der Waals surface area contributed by atoms with Gasteiger partial charge in [-0.25, -0.2) is 17.7 Å². The molecule has 148 valence electrons. The predicted molar refractivity (Wildman–Crippen MR) is 105 cm³/mol. The van der Waals surface area contributed by atoms with Crippen LogP contribution in [0.25, 0.3) is 5.52 Å². The molecule has 7 nitrogen and oxygen atoms in total. The lowest BCUT2D eigenvalue weighted by atomic mass is 9.99. The zero-order chi connectivity index (χ0) is 19.8. The van der Waals surface area contributed by atoms with E-state index in [1.807, 2.05) is 35.7 Å². The third kappa shape index (κ3) is 4.16. The molecule has 27 heavy (non-hydrogen) atoms. The SMILES string of the molecule is CC(C)[C@H](C)NC(=O)c1nc([C@@H]2CCCN(S(C)(=O)=O)C2)n2ccccc12. The van der Waals surface area contributed by atoms with Crippen molar-refractivity contribution in [1.82, 2.24) is 19.0 Å². The minimum Gasteiger partial charge on any atom is -0.348 e. The molecule has 1 aliphatic rings. The average Bonchev–Trinajstić information content (AvgIpc) is 3.01. The normalized spacial score (nSPS) is 20.1. The lowest BCUT2D eigenvalue weighted by molar-refractivity contribution is 0.0927. The average molecular weight is 393 g/mol. The first-order valence-corrected chi connectivity index (χ1v) is 11.3. The quantitative estimate of drug-likeness (QED) is 0.846. The first kappa shape index (κ1) is 19.8. The van der Waals surface area contributed by atoms with Gasteiger partial charge >= 0.3 is 0 Å². The topological polar surface area (TPSA) is 83.8 Å². The number of sulfonamides is 1. The molecule has 2 aromatic heterocycles. The van der Waals surface area contributed by atoms with Crippen LogP contribution in [0.4, 0.5) is 0 Å². The summed E-state index contributed by atoms with van der Waals surface area (Å²) >= 11 is 0. The minimum absolute atomic E-state index is 0.0348. The Bertz CT molecular complexity index is 936. The van der Waals surface area contributed by atoms with Gasteiger partial charge in [0.05, 0.1) is 11.8 Å². The van der Waals surface area contributed by atoms with E-state index in [0.717, 1.165) is 24.2 Å². The Morgan fingerprint density at radius 1 is 1.30 bits per heavy atom. The molecule has 1 saturated heterocycles. The van der Waals surface area contributed by atoms with Crippen LogP contribution in [0.1, 0.15) is 55.8 Å². The summed E-state index contributed by atoms with van der Waals surface area (Å²) in [5, 5.41) is 3.02. The summed E-state index contributed by atoms with van der Waals surface area (Å²) < 4.78 is 27.3. The molecule has 3 rings (SSSR count). The number of hydrogen-bond acceptors (Lipinski definition) is 4. The van der Waals surface area contributed by atoms with Crippen molar-refractivity contribution in [1.29, 1.82) is 0 Å². The van der Waals surface area contributed by atoms with E-state index in [1.165, 1.54) is 10.6 Å². The van der Waals surface area contributed by atoms with E-state index in [0.29, 0.717) is 24.7 Å². The molecule has 0 radical (unpaired) electrons. The molecule has 0 aromatic carbocycles. The van der Waals surface area contributed by atoms with Gasteiger partial charge in [-0.05, 0) is 37.8 Å². The molecule has 1 amide bonds. The molecule has 0 unspecified atom stereocenters. The number of aromatic nitrogens is 2. The van der Waals surface area contributed by atoms with Crippen molar-refractivity contribution in [2.75, 3.05) is 19.3 Å². The fourth-order valence-electron chi connectivity index (χ4n) is 3.41. The highest BCUT2D eigenvalue weighted by Crippen LogP contribution is 2.29. The van der Waals surface area contributed by atoms with Gasteiger partial charge in [-0.3, -0.25) is 4.79 Å². The number of nitrogens with one attached hydrogen (secondary N) is 1. The van der Waals surface area contributed by atoms with Crippen LogP contribution in [0.15, 0.2) is 24.4 Å². The van der Waals surface area contributed by atoms with E-state index < -0.39 is 10.0 Å². The number of amides is 1. The van der Waals surface area contributed by atoms with Crippen LogP contribution in [-0.2, 0) is 10.0 Å². The van der Waals surface area contributed by atoms with Crippen LogP contribution in [0, 0.1) is 5.92 Å². The maximum atomic E-state index is 12.8. The Balaban J connectivity index is 1.96. The number of rotatable bonds is 5. The van der Waals surface area contributed by atoms with Gasteiger partial charge in [-0.1, -0.05) is 19.9 Å². The molecule has 0 aliphatic carbocycles. The third-order valence-corrected chi connectivity index (χ3v) is 6.64. The van der Waals surface area contributed by atoms with E-state index in [-0.39, 0.29) is 17.9 Å². The Morgan fingerprint density at radius 2 is 2.04 bits per heavy atom. The number of imidazole rings is 1. The van der Waals surface area contributed by atoms with Crippen molar-refractivity contribution in [3.05, 3.63) is 35.9 Å². The van der Waals surface area contributed by atoms with Crippen LogP contribution in [-0.4, -0.2) is 53.4 Å². The highest BCUT2D eigenvalue weighted by molar-refractivity contribution is 7.88. The lowest BCUT2D eigenvalue weighted by Gasteiger charge is -2.30. The van der Waals surface area contributed by atoms with Crippen molar-refractivity contribution in [3.8, 4) is 0 Å². The number of carbonyl (C=O) groups excluding carboxylic acids is 1. The summed E-state index contributed by atoms with van der Waals surface area (Å²) in [5.41, 5.74) is 1.15. The van der Waals surface area contributed by atoms with Gasteiger partial charge in [0.2, 0.25) is 10.0 Å². The molecule has 0 spiro atoms. The van der Waals surface area contributed by atoms with E-state index in [9.17, 15) is 13.2 Å².